The van der Waals surface area contributed by atoms with Crippen LogP contribution in [0.25, 0.3) is 5.52 Å². The van der Waals surface area contributed by atoms with Crippen molar-refractivity contribution in [2.75, 3.05) is 23.6 Å². The molecule has 0 fully saturated rings. The summed E-state index contributed by atoms with van der Waals surface area (Å²) in [5, 5.41) is 6.69. The highest BCUT2D eigenvalue weighted by Crippen LogP contribution is 2.14. The number of benzene rings is 1. The van der Waals surface area contributed by atoms with Gasteiger partial charge in [-0.15, -0.1) is 0 Å². The molecule has 2 aromatic heterocycles. The molecule has 1 amide bonds. The Kier molecular flexibility index (Phi) is 6.71. The number of amides is 1. The summed E-state index contributed by atoms with van der Waals surface area (Å²) in [6.07, 6.45) is 5.33. The van der Waals surface area contributed by atoms with Gasteiger partial charge in [0.05, 0.1) is 23.6 Å². The summed E-state index contributed by atoms with van der Waals surface area (Å²) in [5.74, 6) is 0.138. The number of nitrogens with zero attached hydrogens (tertiary/aromatic N) is 2. The largest absolute Gasteiger partial charge is 0.494 e. The molecule has 0 aliphatic rings. The van der Waals surface area contributed by atoms with Gasteiger partial charge in [0.15, 0.2) is 0 Å². The fourth-order valence-electron chi connectivity index (χ4n) is 2.65. The number of hydrogen-bond acceptors (Lipinski definition) is 5. The molecular weight excluding hydrogens is 392 g/mol. The number of hydrogen-bond donors (Lipinski definition) is 2. The van der Waals surface area contributed by atoms with Gasteiger partial charge in [0.25, 0.3) is 5.91 Å². The summed E-state index contributed by atoms with van der Waals surface area (Å²) in [6.45, 7) is 2.73. The molecule has 0 spiro atoms. The van der Waals surface area contributed by atoms with Crippen molar-refractivity contribution in [1.29, 1.82) is 0 Å². The molecule has 0 aliphatic heterocycles. The first kappa shape index (κ1) is 20.7. The zero-order chi connectivity index (χ0) is 20.7. The molecular formula is C20H24N4O4S. The second kappa shape index (κ2) is 9.42. The number of ether oxygens (including phenoxy) is 1. The Morgan fingerprint density at radius 3 is 2.72 bits per heavy atom. The van der Waals surface area contributed by atoms with Gasteiger partial charge in [-0.2, -0.15) is 5.10 Å². The lowest BCUT2D eigenvalue weighted by molar-refractivity contribution is 0.0956. The van der Waals surface area contributed by atoms with E-state index < -0.39 is 10.0 Å². The van der Waals surface area contributed by atoms with Crippen LogP contribution < -0.4 is 14.8 Å². The molecule has 0 unspecified atom stereocenters. The van der Waals surface area contributed by atoms with E-state index in [1.807, 2.05) is 0 Å². The van der Waals surface area contributed by atoms with Crippen LogP contribution in [-0.4, -0.2) is 42.8 Å². The van der Waals surface area contributed by atoms with Crippen LogP contribution in [0.5, 0.6) is 5.75 Å². The number of sulfonamides is 1. The molecule has 0 bridgehead atoms. The summed E-state index contributed by atoms with van der Waals surface area (Å²) in [4.78, 5) is 12.2. The molecule has 0 aliphatic carbocycles. The molecule has 29 heavy (non-hydrogen) atoms. The molecule has 3 aromatic rings. The number of unbranched alkanes of at least 4 members (excludes halogenated alkanes) is 1. The number of aromatic nitrogens is 2. The van der Waals surface area contributed by atoms with Gasteiger partial charge in [0.1, 0.15) is 5.75 Å². The molecule has 0 atom stereocenters. The van der Waals surface area contributed by atoms with Crippen LogP contribution in [0.15, 0.2) is 54.9 Å². The first-order chi connectivity index (χ1) is 14.0. The lowest BCUT2D eigenvalue weighted by Crippen LogP contribution is -2.31. The minimum atomic E-state index is -3.60. The SMILES string of the molecule is CCCCOc1ccc(C(=O)NCCS(=O)(=O)Nc2ccn3nccc3c2)cc1. The predicted octanol–water partition coefficient (Wildman–Crippen LogP) is 2.68. The highest BCUT2D eigenvalue weighted by atomic mass is 32.2. The maximum absolute atomic E-state index is 12.3. The van der Waals surface area contributed by atoms with Crippen molar-refractivity contribution < 1.29 is 17.9 Å². The number of fused-ring (bicyclic) bond motifs is 1. The van der Waals surface area contributed by atoms with E-state index in [1.54, 1.807) is 59.4 Å². The summed E-state index contributed by atoms with van der Waals surface area (Å²) in [5.41, 5.74) is 1.67. The first-order valence-electron chi connectivity index (χ1n) is 9.42. The Hall–Kier alpha value is -3.07. The van der Waals surface area contributed by atoms with E-state index in [-0.39, 0.29) is 18.2 Å². The first-order valence-corrected chi connectivity index (χ1v) is 11.1. The maximum atomic E-state index is 12.3. The molecule has 1 aromatic carbocycles. The number of carbonyl (C=O) groups excluding carboxylic acids is 1. The molecule has 0 saturated heterocycles. The van der Waals surface area contributed by atoms with E-state index in [9.17, 15) is 13.2 Å². The Balaban J connectivity index is 1.48. The van der Waals surface area contributed by atoms with Gasteiger partial charge in [0, 0.05) is 24.5 Å². The van der Waals surface area contributed by atoms with Crippen molar-refractivity contribution in [3.8, 4) is 5.75 Å². The maximum Gasteiger partial charge on any atom is 0.251 e. The van der Waals surface area contributed by atoms with E-state index in [0.717, 1.165) is 18.4 Å². The third-order valence-corrected chi connectivity index (χ3v) is 5.50. The van der Waals surface area contributed by atoms with Crippen LogP contribution in [0.1, 0.15) is 30.1 Å². The van der Waals surface area contributed by atoms with Gasteiger partial charge >= 0.3 is 0 Å². The number of carbonyl (C=O) groups is 1. The normalized spacial score (nSPS) is 11.3. The third kappa shape index (κ3) is 5.95. The fraction of sp³-hybridized carbons (Fsp3) is 0.300. The molecule has 0 saturated carbocycles. The second-order valence-electron chi connectivity index (χ2n) is 6.52. The van der Waals surface area contributed by atoms with Crippen molar-refractivity contribution in [2.24, 2.45) is 0 Å². The minimum Gasteiger partial charge on any atom is -0.494 e. The van der Waals surface area contributed by atoms with Crippen molar-refractivity contribution in [3.05, 3.63) is 60.4 Å². The molecule has 2 heterocycles. The Bertz CT molecular complexity index is 1060. The average Bonchev–Trinajstić information content (AvgIpc) is 3.16. The molecule has 2 N–H and O–H groups in total. The Morgan fingerprint density at radius 1 is 1.17 bits per heavy atom. The van der Waals surface area contributed by atoms with Gasteiger partial charge in [-0.25, -0.2) is 12.9 Å². The van der Waals surface area contributed by atoms with Gasteiger partial charge in [-0.1, -0.05) is 13.3 Å². The van der Waals surface area contributed by atoms with E-state index in [4.69, 9.17) is 4.74 Å². The lowest BCUT2D eigenvalue weighted by Gasteiger charge is -2.10. The van der Waals surface area contributed by atoms with Crippen LogP contribution in [-0.2, 0) is 10.0 Å². The zero-order valence-corrected chi connectivity index (χ0v) is 17.0. The third-order valence-electron chi connectivity index (χ3n) is 4.21. The summed E-state index contributed by atoms with van der Waals surface area (Å²) >= 11 is 0. The molecule has 8 nitrogen and oxygen atoms in total. The monoisotopic (exact) mass is 416 g/mol. The van der Waals surface area contributed by atoms with E-state index >= 15 is 0 Å². The Labute approximate surface area is 169 Å². The van der Waals surface area contributed by atoms with Gasteiger partial charge < -0.3 is 10.1 Å². The van der Waals surface area contributed by atoms with Gasteiger partial charge in [-0.3, -0.25) is 9.52 Å². The molecule has 9 heteroatoms. The van der Waals surface area contributed by atoms with Crippen molar-refractivity contribution in [3.63, 3.8) is 0 Å². The number of anilines is 1. The zero-order valence-electron chi connectivity index (χ0n) is 16.2. The highest BCUT2D eigenvalue weighted by Gasteiger charge is 2.13. The van der Waals surface area contributed by atoms with Gasteiger partial charge in [0.2, 0.25) is 10.0 Å². The van der Waals surface area contributed by atoms with Gasteiger partial charge in [-0.05, 0) is 48.9 Å². The van der Waals surface area contributed by atoms with Crippen LogP contribution >= 0.6 is 0 Å². The van der Waals surface area contributed by atoms with E-state index in [0.29, 0.717) is 23.6 Å². The minimum absolute atomic E-state index is 0.00214. The quantitative estimate of drug-likeness (QED) is 0.495. The fourth-order valence-corrected chi connectivity index (χ4v) is 3.61. The predicted molar refractivity (Wildman–Crippen MR) is 112 cm³/mol. The van der Waals surface area contributed by atoms with Crippen molar-refractivity contribution in [1.82, 2.24) is 14.9 Å². The standard InChI is InChI=1S/C20H24N4O4S/c1-2-3-13-28-19-6-4-16(5-7-19)20(25)21-11-14-29(26,27)23-17-9-12-24-18(15-17)8-10-22-24/h4-10,12,15,23H,2-3,11,13-14H2,1H3,(H,21,25). The summed E-state index contributed by atoms with van der Waals surface area (Å²) in [6, 6.07) is 11.9. The summed E-state index contributed by atoms with van der Waals surface area (Å²) in [7, 11) is -3.60. The van der Waals surface area contributed by atoms with E-state index in [2.05, 4.69) is 22.1 Å². The molecule has 0 radical (unpaired) electrons. The average molecular weight is 417 g/mol. The number of rotatable bonds is 10. The van der Waals surface area contributed by atoms with Crippen LogP contribution in [0.2, 0.25) is 0 Å². The lowest BCUT2D eigenvalue weighted by atomic mass is 10.2. The number of pyridine rings is 1. The molecule has 154 valence electrons. The summed E-state index contributed by atoms with van der Waals surface area (Å²) < 4.78 is 34.2. The number of nitrogens with one attached hydrogen (secondary N) is 2. The molecule has 3 rings (SSSR count). The van der Waals surface area contributed by atoms with E-state index in [1.165, 1.54) is 0 Å². The van der Waals surface area contributed by atoms with Crippen LogP contribution in [0.3, 0.4) is 0 Å². The highest BCUT2D eigenvalue weighted by molar-refractivity contribution is 7.92. The van der Waals surface area contributed by atoms with Crippen molar-refractivity contribution in [2.45, 2.75) is 19.8 Å². The second-order valence-corrected chi connectivity index (χ2v) is 8.36. The smallest absolute Gasteiger partial charge is 0.251 e. The van der Waals surface area contributed by atoms with Crippen molar-refractivity contribution >= 4 is 27.1 Å². The van der Waals surface area contributed by atoms with Crippen LogP contribution in [0.4, 0.5) is 5.69 Å². The topological polar surface area (TPSA) is 102 Å². The van der Waals surface area contributed by atoms with Crippen LogP contribution in [0, 0.1) is 0 Å². The Morgan fingerprint density at radius 2 is 1.97 bits per heavy atom.